The van der Waals surface area contributed by atoms with E-state index in [4.69, 9.17) is 4.98 Å². The number of likely N-dealkylation sites (tertiary alicyclic amines) is 1. The minimum absolute atomic E-state index is 0.359. The average Bonchev–Trinajstić information content (AvgIpc) is 3.06. The predicted octanol–water partition coefficient (Wildman–Crippen LogP) is 3.70. The van der Waals surface area contributed by atoms with Crippen molar-refractivity contribution < 1.29 is 4.79 Å². The van der Waals surface area contributed by atoms with Gasteiger partial charge in [-0.25, -0.2) is 0 Å². The number of para-hydroxylation sites is 1. The van der Waals surface area contributed by atoms with Crippen molar-refractivity contribution in [3.8, 4) is 0 Å². The van der Waals surface area contributed by atoms with Gasteiger partial charge in [-0.15, -0.1) is 0 Å². The van der Waals surface area contributed by atoms with E-state index in [0.29, 0.717) is 11.9 Å². The average molecular weight is 337 g/mol. The second-order valence-corrected chi connectivity index (χ2v) is 7.30. The van der Waals surface area contributed by atoms with Crippen molar-refractivity contribution in [2.45, 2.75) is 52.0 Å². The van der Waals surface area contributed by atoms with Crippen molar-refractivity contribution in [1.82, 2.24) is 9.88 Å². The number of benzene rings is 1. The van der Waals surface area contributed by atoms with Gasteiger partial charge in [-0.05, 0) is 44.2 Å². The number of aryl methyl sites for hydroxylation is 1. The minimum atomic E-state index is 0.359. The molecule has 0 N–H and O–H groups in total. The van der Waals surface area contributed by atoms with E-state index in [2.05, 4.69) is 47.9 Å². The van der Waals surface area contributed by atoms with Crippen LogP contribution in [0.2, 0.25) is 0 Å². The van der Waals surface area contributed by atoms with Gasteiger partial charge in [0.1, 0.15) is 0 Å². The number of hydrogen-bond donors (Lipinski definition) is 0. The number of piperidine rings is 1. The summed E-state index contributed by atoms with van der Waals surface area (Å²) in [7, 11) is 0. The van der Waals surface area contributed by atoms with Gasteiger partial charge in [0.15, 0.2) is 0 Å². The van der Waals surface area contributed by atoms with E-state index in [1.807, 2.05) is 0 Å². The summed E-state index contributed by atoms with van der Waals surface area (Å²) in [4.78, 5) is 21.5. The predicted molar refractivity (Wildman–Crippen MR) is 102 cm³/mol. The zero-order chi connectivity index (χ0) is 17.4. The SMILES string of the molecule is CCc1c(C)nc2ccccc2c1N1CCC(N2CCCC2=O)CC1. The van der Waals surface area contributed by atoms with Crippen LogP contribution in [0.4, 0.5) is 5.69 Å². The highest BCUT2D eigenvalue weighted by molar-refractivity contribution is 5.94. The molecule has 1 aromatic heterocycles. The third-order valence-electron chi connectivity index (χ3n) is 5.85. The van der Waals surface area contributed by atoms with Crippen LogP contribution in [0, 0.1) is 6.92 Å². The largest absolute Gasteiger partial charge is 0.371 e. The number of nitrogens with zero attached hydrogens (tertiary/aromatic N) is 3. The Hall–Kier alpha value is -2.10. The number of fused-ring (bicyclic) bond motifs is 1. The lowest BCUT2D eigenvalue weighted by atomic mass is 9.98. The molecule has 0 aliphatic carbocycles. The van der Waals surface area contributed by atoms with E-state index in [9.17, 15) is 4.79 Å². The Bertz CT molecular complexity index is 793. The number of carbonyl (C=O) groups excluding carboxylic acids is 1. The second kappa shape index (κ2) is 6.66. The number of aromatic nitrogens is 1. The molecule has 0 saturated carbocycles. The molecule has 0 unspecified atom stereocenters. The Morgan fingerprint density at radius 2 is 1.92 bits per heavy atom. The molecular formula is C21H27N3O. The molecular weight excluding hydrogens is 310 g/mol. The molecule has 3 heterocycles. The minimum Gasteiger partial charge on any atom is -0.371 e. The van der Waals surface area contributed by atoms with Gasteiger partial charge >= 0.3 is 0 Å². The van der Waals surface area contributed by atoms with Crippen LogP contribution < -0.4 is 4.90 Å². The fraction of sp³-hybridized carbons (Fsp3) is 0.524. The molecule has 25 heavy (non-hydrogen) atoms. The van der Waals surface area contributed by atoms with E-state index in [1.54, 1.807) is 0 Å². The molecule has 4 heteroatoms. The summed E-state index contributed by atoms with van der Waals surface area (Å²) >= 11 is 0. The summed E-state index contributed by atoms with van der Waals surface area (Å²) in [5, 5.41) is 1.26. The molecule has 0 atom stereocenters. The van der Waals surface area contributed by atoms with Crippen LogP contribution >= 0.6 is 0 Å². The second-order valence-electron chi connectivity index (χ2n) is 7.30. The van der Waals surface area contributed by atoms with Gasteiger partial charge in [0.05, 0.1) is 11.2 Å². The molecule has 132 valence electrons. The maximum atomic E-state index is 12.0. The molecule has 2 aliphatic heterocycles. The summed E-state index contributed by atoms with van der Waals surface area (Å²) in [5.41, 5.74) is 4.98. The number of carbonyl (C=O) groups is 1. The number of hydrogen-bond acceptors (Lipinski definition) is 3. The van der Waals surface area contributed by atoms with E-state index in [-0.39, 0.29) is 0 Å². The molecule has 4 rings (SSSR count). The Morgan fingerprint density at radius 1 is 1.16 bits per heavy atom. The van der Waals surface area contributed by atoms with Crippen molar-refractivity contribution in [2.24, 2.45) is 0 Å². The third kappa shape index (κ3) is 2.88. The van der Waals surface area contributed by atoms with E-state index < -0.39 is 0 Å². The lowest BCUT2D eigenvalue weighted by molar-refractivity contribution is -0.130. The monoisotopic (exact) mass is 337 g/mol. The highest BCUT2D eigenvalue weighted by Crippen LogP contribution is 2.34. The number of anilines is 1. The third-order valence-corrected chi connectivity index (χ3v) is 5.85. The maximum Gasteiger partial charge on any atom is 0.222 e. The summed E-state index contributed by atoms with van der Waals surface area (Å²) in [6.45, 7) is 7.35. The topological polar surface area (TPSA) is 36.4 Å². The molecule has 2 fully saturated rings. The molecule has 2 aromatic rings. The quantitative estimate of drug-likeness (QED) is 0.857. The zero-order valence-electron chi connectivity index (χ0n) is 15.3. The van der Waals surface area contributed by atoms with Gasteiger partial charge in [0.2, 0.25) is 5.91 Å². The Balaban J connectivity index is 1.63. The highest BCUT2D eigenvalue weighted by atomic mass is 16.2. The van der Waals surface area contributed by atoms with Crippen LogP contribution in [0.15, 0.2) is 24.3 Å². The zero-order valence-corrected chi connectivity index (χ0v) is 15.3. The molecule has 2 aliphatic rings. The van der Waals surface area contributed by atoms with Crippen molar-refractivity contribution >= 4 is 22.5 Å². The summed E-state index contributed by atoms with van der Waals surface area (Å²) in [6, 6.07) is 8.92. The molecule has 0 bridgehead atoms. The fourth-order valence-electron chi connectivity index (χ4n) is 4.59. The van der Waals surface area contributed by atoms with Gasteiger partial charge in [-0.3, -0.25) is 9.78 Å². The molecule has 1 amide bonds. The summed E-state index contributed by atoms with van der Waals surface area (Å²) in [5.74, 6) is 0.359. The first-order valence-corrected chi connectivity index (χ1v) is 9.61. The highest BCUT2D eigenvalue weighted by Gasteiger charge is 2.31. The normalized spacial score (nSPS) is 19.2. The molecule has 0 spiro atoms. The number of amides is 1. The Morgan fingerprint density at radius 3 is 2.60 bits per heavy atom. The van der Waals surface area contributed by atoms with Crippen molar-refractivity contribution in [1.29, 1.82) is 0 Å². The Kier molecular flexibility index (Phi) is 4.36. The molecule has 1 aromatic carbocycles. The number of pyridine rings is 1. The van der Waals surface area contributed by atoms with Gasteiger partial charge in [-0.2, -0.15) is 0 Å². The molecule has 4 nitrogen and oxygen atoms in total. The van der Waals surface area contributed by atoms with Crippen LogP contribution in [0.3, 0.4) is 0 Å². The van der Waals surface area contributed by atoms with E-state index >= 15 is 0 Å². The fourth-order valence-corrected chi connectivity index (χ4v) is 4.59. The molecule has 0 radical (unpaired) electrons. The van der Waals surface area contributed by atoms with Crippen LogP contribution in [0.1, 0.15) is 43.9 Å². The van der Waals surface area contributed by atoms with Crippen LogP contribution in [0.5, 0.6) is 0 Å². The van der Waals surface area contributed by atoms with Crippen molar-refractivity contribution in [3.63, 3.8) is 0 Å². The van der Waals surface area contributed by atoms with Crippen molar-refractivity contribution in [2.75, 3.05) is 24.5 Å². The van der Waals surface area contributed by atoms with Crippen LogP contribution in [0.25, 0.3) is 10.9 Å². The number of rotatable bonds is 3. The first-order chi connectivity index (χ1) is 12.2. The Labute approximate surface area is 149 Å². The first kappa shape index (κ1) is 16.4. The molecule has 2 saturated heterocycles. The van der Waals surface area contributed by atoms with Gasteiger partial charge in [0.25, 0.3) is 0 Å². The van der Waals surface area contributed by atoms with Gasteiger partial charge in [-0.1, -0.05) is 25.1 Å². The lowest BCUT2D eigenvalue weighted by Crippen LogP contribution is -2.45. The lowest BCUT2D eigenvalue weighted by Gasteiger charge is -2.39. The van der Waals surface area contributed by atoms with Gasteiger partial charge < -0.3 is 9.80 Å². The van der Waals surface area contributed by atoms with Gasteiger partial charge in [0, 0.05) is 43.2 Å². The first-order valence-electron chi connectivity index (χ1n) is 9.61. The van der Waals surface area contributed by atoms with E-state index in [1.165, 1.54) is 16.6 Å². The summed E-state index contributed by atoms with van der Waals surface area (Å²) < 4.78 is 0. The smallest absolute Gasteiger partial charge is 0.222 e. The van der Waals surface area contributed by atoms with E-state index in [0.717, 1.165) is 62.9 Å². The van der Waals surface area contributed by atoms with Crippen LogP contribution in [-0.2, 0) is 11.2 Å². The maximum absolute atomic E-state index is 12.0. The summed E-state index contributed by atoms with van der Waals surface area (Å²) in [6.07, 6.45) is 4.93. The van der Waals surface area contributed by atoms with Crippen molar-refractivity contribution in [3.05, 3.63) is 35.5 Å². The van der Waals surface area contributed by atoms with Crippen LogP contribution in [-0.4, -0.2) is 41.5 Å². The standard InChI is InChI=1S/C21H27N3O/c1-3-17-15(2)22-19-8-5-4-7-18(19)21(17)23-13-10-16(11-14-23)24-12-6-9-20(24)25/h4-5,7-8,16H,3,6,9-14H2,1-2H3.